The number of anilines is 1. The van der Waals surface area contributed by atoms with Crippen molar-refractivity contribution in [2.75, 3.05) is 19.0 Å². The van der Waals surface area contributed by atoms with E-state index in [9.17, 15) is 4.79 Å². The first-order valence-corrected chi connectivity index (χ1v) is 8.18. The van der Waals surface area contributed by atoms with Gasteiger partial charge >= 0.3 is 0 Å². The van der Waals surface area contributed by atoms with E-state index in [-0.39, 0.29) is 11.9 Å². The number of hydrogen-bond acceptors (Lipinski definition) is 2. The Morgan fingerprint density at radius 3 is 2.13 bits per heavy atom. The monoisotopic (exact) mass is 310 g/mol. The molecule has 3 heteroatoms. The number of rotatable bonds is 6. The van der Waals surface area contributed by atoms with Crippen molar-refractivity contribution in [1.82, 2.24) is 5.32 Å². The molecule has 0 bridgehead atoms. The maximum Gasteiger partial charge on any atom is 0.244 e. The Kier molecular flexibility index (Phi) is 5.94. The summed E-state index contributed by atoms with van der Waals surface area (Å²) in [6.45, 7) is 4.21. The lowest BCUT2D eigenvalue weighted by atomic mass is 9.98. The fraction of sp³-hybridized carbons (Fsp3) is 0.350. The average molecular weight is 310 g/mol. The van der Waals surface area contributed by atoms with Crippen LogP contribution in [-0.2, 0) is 4.79 Å². The maximum atomic E-state index is 12.7. The van der Waals surface area contributed by atoms with Crippen molar-refractivity contribution in [2.24, 2.45) is 5.92 Å². The number of amides is 1. The molecule has 23 heavy (non-hydrogen) atoms. The van der Waals surface area contributed by atoms with Crippen LogP contribution in [0.15, 0.2) is 54.6 Å². The largest absolute Gasteiger partial charge is 0.314 e. The van der Waals surface area contributed by atoms with E-state index in [0.29, 0.717) is 5.92 Å². The van der Waals surface area contributed by atoms with Crippen molar-refractivity contribution >= 4 is 11.6 Å². The third-order valence-electron chi connectivity index (χ3n) is 4.48. The molecule has 2 atom stereocenters. The predicted molar refractivity (Wildman–Crippen MR) is 97.6 cm³/mol. The SMILES string of the molecule is CC[C@H](C)[C@H](NC)C(=O)N(C)c1ccc(-c2ccccc2)cc1. The molecule has 2 aromatic rings. The van der Waals surface area contributed by atoms with Gasteiger partial charge in [-0.1, -0.05) is 62.7 Å². The van der Waals surface area contributed by atoms with E-state index in [4.69, 9.17) is 0 Å². The van der Waals surface area contributed by atoms with E-state index >= 15 is 0 Å². The maximum absolute atomic E-state index is 12.7. The standard InChI is InChI=1S/C20H26N2O/c1-5-15(2)19(21-3)20(23)22(4)18-13-11-17(12-14-18)16-9-7-6-8-10-16/h6-15,19,21H,5H2,1-4H3/t15-,19-/m0/s1. The molecule has 0 saturated carbocycles. The minimum absolute atomic E-state index is 0.106. The summed E-state index contributed by atoms with van der Waals surface area (Å²) >= 11 is 0. The highest BCUT2D eigenvalue weighted by atomic mass is 16.2. The second kappa shape index (κ2) is 7.93. The van der Waals surface area contributed by atoms with Gasteiger partial charge in [0.15, 0.2) is 0 Å². The van der Waals surface area contributed by atoms with Crippen LogP contribution < -0.4 is 10.2 Å². The predicted octanol–water partition coefficient (Wildman–Crippen LogP) is 3.95. The minimum atomic E-state index is -0.154. The summed E-state index contributed by atoms with van der Waals surface area (Å²) in [6, 6.07) is 18.2. The Morgan fingerprint density at radius 1 is 1.04 bits per heavy atom. The van der Waals surface area contributed by atoms with Crippen LogP contribution in [0.5, 0.6) is 0 Å². The number of carbonyl (C=O) groups excluding carboxylic acids is 1. The molecule has 0 aliphatic carbocycles. The molecule has 0 radical (unpaired) electrons. The summed E-state index contributed by atoms with van der Waals surface area (Å²) in [4.78, 5) is 14.4. The fourth-order valence-electron chi connectivity index (χ4n) is 2.73. The van der Waals surface area contributed by atoms with Crippen LogP contribution in [0.1, 0.15) is 20.3 Å². The van der Waals surface area contributed by atoms with E-state index < -0.39 is 0 Å². The van der Waals surface area contributed by atoms with Crippen molar-refractivity contribution in [3.05, 3.63) is 54.6 Å². The highest BCUT2D eigenvalue weighted by Gasteiger charge is 2.25. The molecule has 0 saturated heterocycles. The van der Waals surface area contributed by atoms with Crippen LogP contribution in [0.25, 0.3) is 11.1 Å². The van der Waals surface area contributed by atoms with Crippen molar-refractivity contribution < 1.29 is 4.79 Å². The molecule has 0 aromatic heterocycles. The van der Waals surface area contributed by atoms with Gasteiger partial charge < -0.3 is 10.2 Å². The zero-order chi connectivity index (χ0) is 16.8. The van der Waals surface area contributed by atoms with Crippen molar-refractivity contribution in [1.29, 1.82) is 0 Å². The first kappa shape index (κ1) is 17.2. The lowest BCUT2D eigenvalue weighted by Gasteiger charge is -2.27. The number of benzene rings is 2. The Morgan fingerprint density at radius 2 is 1.61 bits per heavy atom. The number of nitrogens with zero attached hydrogens (tertiary/aromatic N) is 1. The van der Waals surface area contributed by atoms with Crippen LogP contribution in [-0.4, -0.2) is 26.0 Å². The minimum Gasteiger partial charge on any atom is -0.314 e. The highest BCUT2D eigenvalue weighted by molar-refractivity contribution is 5.97. The van der Waals surface area contributed by atoms with Gasteiger partial charge in [-0.25, -0.2) is 0 Å². The summed E-state index contributed by atoms with van der Waals surface area (Å²) in [7, 11) is 3.69. The van der Waals surface area contributed by atoms with E-state index in [1.54, 1.807) is 4.90 Å². The Hall–Kier alpha value is -2.13. The molecule has 0 aliphatic heterocycles. The molecule has 2 rings (SSSR count). The molecular formula is C20H26N2O. The van der Waals surface area contributed by atoms with Gasteiger partial charge in [-0.15, -0.1) is 0 Å². The highest BCUT2D eigenvalue weighted by Crippen LogP contribution is 2.23. The Labute approximate surface area is 139 Å². The average Bonchev–Trinajstić information content (AvgIpc) is 2.62. The molecule has 122 valence electrons. The molecule has 0 spiro atoms. The molecule has 1 N–H and O–H groups in total. The van der Waals surface area contributed by atoms with Gasteiger partial charge in [-0.05, 0) is 36.2 Å². The van der Waals surface area contributed by atoms with Gasteiger partial charge in [0.1, 0.15) is 0 Å². The van der Waals surface area contributed by atoms with Crippen molar-refractivity contribution in [3.63, 3.8) is 0 Å². The van der Waals surface area contributed by atoms with Gasteiger partial charge in [0, 0.05) is 12.7 Å². The molecule has 3 nitrogen and oxygen atoms in total. The Bertz CT molecular complexity index is 622. The van der Waals surface area contributed by atoms with Crippen molar-refractivity contribution in [3.8, 4) is 11.1 Å². The quantitative estimate of drug-likeness (QED) is 0.876. The zero-order valence-electron chi connectivity index (χ0n) is 14.4. The number of nitrogens with one attached hydrogen (secondary N) is 1. The van der Waals surface area contributed by atoms with Gasteiger partial charge in [0.2, 0.25) is 5.91 Å². The lowest BCUT2D eigenvalue weighted by molar-refractivity contribution is -0.121. The molecule has 1 amide bonds. The molecular weight excluding hydrogens is 284 g/mol. The summed E-state index contributed by atoms with van der Waals surface area (Å²) in [5.74, 6) is 0.410. The van der Waals surface area contributed by atoms with E-state index in [0.717, 1.165) is 17.7 Å². The van der Waals surface area contributed by atoms with Crippen molar-refractivity contribution in [2.45, 2.75) is 26.3 Å². The first-order chi connectivity index (χ1) is 11.1. The third-order valence-corrected chi connectivity index (χ3v) is 4.48. The van der Waals surface area contributed by atoms with Gasteiger partial charge in [-0.2, -0.15) is 0 Å². The molecule has 2 aromatic carbocycles. The summed E-state index contributed by atoms with van der Waals surface area (Å²) in [6.07, 6.45) is 0.970. The van der Waals surface area contributed by atoms with E-state index in [2.05, 4.69) is 43.4 Å². The zero-order valence-corrected chi connectivity index (χ0v) is 14.4. The molecule has 0 heterocycles. The normalized spacial score (nSPS) is 13.4. The lowest BCUT2D eigenvalue weighted by Crippen LogP contribution is -2.47. The Balaban J connectivity index is 2.17. The summed E-state index contributed by atoms with van der Waals surface area (Å²) in [5.41, 5.74) is 3.25. The van der Waals surface area contributed by atoms with Crippen LogP contribution in [0.2, 0.25) is 0 Å². The van der Waals surface area contributed by atoms with Crippen LogP contribution in [0, 0.1) is 5.92 Å². The van der Waals surface area contributed by atoms with Crippen LogP contribution in [0.3, 0.4) is 0 Å². The molecule has 0 unspecified atom stereocenters. The topological polar surface area (TPSA) is 32.3 Å². The number of hydrogen-bond donors (Lipinski definition) is 1. The molecule has 0 aliphatic rings. The fourth-order valence-corrected chi connectivity index (χ4v) is 2.73. The second-order valence-corrected chi connectivity index (χ2v) is 5.96. The van der Waals surface area contributed by atoms with Crippen LogP contribution in [0.4, 0.5) is 5.69 Å². The third kappa shape index (κ3) is 3.99. The van der Waals surface area contributed by atoms with Crippen LogP contribution >= 0.6 is 0 Å². The van der Waals surface area contributed by atoms with Gasteiger partial charge in [0.05, 0.1) is 6.04 Å². The second-order valence-electron chi connectivity index (χ2n) is 5.96. The smallest absolute Gasteiger partial charge is 0.244 e. The van der Waals surface area contributed by atoms with E-state index in [1.807, 2.05) is 44.4 Å². The summed E-state index contributed by atoms with van der Waals surface area (Å²) < 4.78 is 0. The van der Waals surface area contributed by atoms with Gasteiger partial charge in [0.25, 0.3) is 0 Å². The summed E-state index contributed by atoms with van der Waals surface area (Å²) in [5, 5.41) is 3.15. The number of carbonyl (C=O) groups is 1. The first-order valence-electron chi connectivity index (χ1n) is 8.18. The number of likely N-dealkylation sites (N-methyl/N-ethyl adjacent to an activating group) is 2. The molecule has 0 fully saturated rings. The van der Waals surface area contributed by atoms with E-state index in [1.165, 1.54) is 5.56 Å². The van der Waals surface area contributed by atoms with Gasteiger partial charge in [-0.3, -0.25) is 4.79 Å².